The number of halogens is 4. The third kappa shape index (κ3) is 5.53. The summed E-state index contributed by atoms with van der Waals surface area (Å²) < 4.78 is 66.1. The first kappa shape index (κ1) is 22.6. The van der Waals surface area contributed by atoms with E-state index in [0.29, 0.717) is 5.56 Å². The van der Waals surface area contributed by atoms with Crippen molar-refractivity contribution in [3.05, 3.63) is 64.7 Å². The van der Waals surface area contributed by atoms with Crippen molar-refractivity contribution in [2.45, 2.75) is 24.8 Å². The number of rotatable bonds is 5. The van der Waals surface area contributed by atoms with Crippen LogP contribution in [0.3, 0.4) is 0 Å². The predicted molar refractivity (Wildman–Crippen MR) is 108 cm³/mol. The smallest absolute Gasteiger partial charge is 0.325 e. The van der Waals surface area contributed by atoms with Gasteiger partial charge in [0.2, 0.25) is 15.9 Å². The molecule has 0 spiro atoms. The molecule has 0 aliphatic carbocycles. The summed E-state index contributed by atoms with van der Waals surface area (Å²) in [7, 11) is -3.54. The molecule has 1 aliphatic rings. The Bertz CT molecular complexity index is 1010. The summed E-state index contributed by atoms with van der Waals surface area (Å²) in [4.78, 5) is 12.5. The van der Waals surface area contributed by atoms with Crippen LogP contribution in [-0.2, 0) is 26.7 Å². The second-order valence-electron chi connectivity index (χ2n) is 7.09. The zero-order chi connectivity index (χ0) is 21.9. The summed E-state index contributed by atoms with van der Waals surface area (Å²) in [5.41, 5.74) is -0.720. The first-order valence-corrected chi connectivity index (χ1v) is 11.2. The number of nitrogens with zero attached hydrogens (tertiary/aromatic N) is 1. The van der Waals surface area contributed by atoms with Gasteiger partial charge in [-0.25, -0.2) is 12.7 Å². The Kier molecular flexibility index (Phi) is 6.74. The molecule has 0 bridgehead atoms. The summed E-state index contributed by atoms with van der Waals surface area (Å²) in [6, 6.07) is 11.9. The Labute approximate surface area is 177 Å². The number of benzene rings is 2. The number of hydrogen-bond acceptors (Lipinski definition) is 3. The molecular weight excluding hydrogens is 441 g/mol. The lowest BCUT2D eigenvalue weighted by Gasteiger charge is -2.30. The van der Waals surface area contributed by atoms with E-state index < -0.39 is 33.6 Å². The van der Waals surface area contributed by atoms with Gasteiger partial charge in [-0.15, -0.1) is 0 Å². The number of piperidine rings is 1. The molecule has 2 aromatic rings. The SMILES string of the molecule is O=C(Nc1ccc(Cl)cc1C(F)(F)F)C1CCN(S(=O)(=O)Cc2ccccc2)CC1. The molecule has 2 aromatic carbocycles. The molecule has 0 aromatic heterocycles. The minimum atomic E-state index is -4.66. The van der Waals surface area contributed by atoms with Crippen LogP contribution in [0.15, 0.2) is 48.5 Å². The monoisotopic (exact) mass is 460 g/mol. The maximum atomic E-state index is 13.2. The highest BCUT2D eigenvalue weighted by molar-refractivity contribution is 7.88. The first-order valence-electron chi connectivity index (χ1n) is 9.25. The van der Waals surface area contributed by atoms with E-state index in [2.05, 4.69) is 5.32 Å². The van der Waals surface area contributed by atoms with Crippen LogP contribution in [-0.4, -0.2) is 31.7 Å². The fraction of sp³-hybridized carbons (Fsp3) is 0.350. The molecule has 30 heavy (non-hydrogen) atoms. The molecule has 1 N–H and O–H groups in total. The van der Waals surface area contributed by atoms with Gasteiger partial charge in [-0.1, -0.05) is 41.9 Å². The Morgan fingerprint density at radius 1 is 1.10 bits per heavy atom. The Hall–Kier alpha value is -2.10. The fourth-order valence-electron chi connectivity index (χ4n) is 3.37. The molecule has 0 atom stereocenters. The molecule has 1 amide bonds. The van der Waals surface area contributed by atoms with Crippen LogP contribution in [0.5, 0.6) is 0 Å². The summed E-state index contributed by atoms with van der Waals surface area (Å²) in [5, 5.41) is 2.24. The second kappa shape index (κ2) is 8.95. The van der Waals surface area contributed by atoms with E-state index in [9.17, 15) is 26.4 Å². The minimum Gasteiger partial charge on any atom is -0.325 e. The molecule has 1 saturated heterocycles. The summed E-state index contributed by atoms with van der Waals surface area (Å²) in [5.74, 6) is -1.28. The fourth-order valence-corrected chi connectivity index (χ4v) is 5.10. The lowest BCUT2D eigenvalue weighted by Crippen LogP contribution is -2.42. The zero-order valence-electron chi connectivity index (χ0n) is 15.8. The van der Waals surface area contributed by atoms with Crippen molar-refractivity contribution in [3.8, 4) is 0 Å². The van der Waals surface area contributed by atoms with Gasteiger partial charge in [0.15, 0.2) is 0 Å². The van der Waals surface area contributed by atoms with E-state index in [1.54, 1.807) is 30.3 Å². The van der Waals surface area contributed by atoms with Crippen molar-refractivity contribution in [1.82, 2.24) is 4.31 Å². The van der Waals surface area contributed by atoms with Gasteiger partial charge in [0.25, 0.3) is 0 Å². The number of carbonyl (C=O) groups is 1. The van der Waals surface area contributed by atoms with Crippen molar-refractivity contribution in [1.29, 1.82) is 0 Å². The van der Waals surface area contributed by atoms with Crippen LogP contribution in [0.1, 0.15) is 24.0 Å². The van der Waals surface area contributed by atoms with Crippen LogP contribution in [0.25, 0.3) is 0 Å². The van der Waals surface area contributed by atoms with Gasteiger partial charge in [-0.05, 0) is 36.6 Å². The lowest BCUT2D eigenvalue weighted by atomic mass is 9.97. The zero-order valence-corrected chi connectivity index (χ0v) is 17.4. The minimum absolute atomic E-state index is 0.0859. The molecule has 1 aliphatic heterocycles. The number of carbonyl (C=O) groups excluding carboxylic acids is 1. The van der Waals surface area contributed by atoms with Crippen LogP contribution in [0.4, 0.5) is 18.9 Å². The van der Waals surface area contributed by atoms with Gasteiger partial charge >= 0.3 is 6.18 Å². The largest absolute Gasteiger partial charge is 0.418 e. The van der Waals surface area contributed by atoms with Crippen LogP contribution in [0, 0.1) is 5.92 Å². The third-order valence-corrected chi connectivity index (χ3v) is 7.04. The topological polar surface area (TPSA) is 66.5 Å². The number of sulfonamides is 1. The summed E-state index contributed by atoms with van der Waals surface area (Å²) in [6.07, 6.45) is -4.20. The molecule has 162 valence electrons. The quantitative estimate of drug-likeness (QED) is 0.712. The van der Waals surface area contributed by atoms with E-state index in [1.807, 2.05) is 0 Å². The standard InChI is InChI=1S/C20H20ClF3N2O3S/c21-16-6-7-18(17(12-16)20(22,23)24)25-19(27)15-8-10-26(11-9-15)30(28,29)13-14-4-2-1-3-5-14/h1-7,12,15H,8-11,13H2,(H,25,27). The van der Waals surface area contributed by atoms with E-state index >= 15 is 0 Å². The van der Waals surface area contributed by atoms with Crippen molar-refractivity contribution in [2.24, 2.45) is 5.92 Å². The van der Waals surface area contributed by atoms with Gasteiger partial charge in [0.05, 0.1) is 17.0 Å². The highest BCUT2D eigenvalue weighted by atomic mass is 35.5. The molecule has 0 saturated carbocycles. The molecule has 1 fully saturated rings. The van der Waals surface area contributed by atoms with Crippen LogP contribution >= 0.6 is 11.6 Å². The normalized spacial score (nSPS) is 16.4. The Balaban J connectivity index is 1.62. The van der Waals surface area contributed by atoms with E-state index in [0.717, 1.165) is 12.1 Å². The highest BCUT2D eigenvalue weighted by Crippen LogP contribution is 2.37. The molecule has 5 nitrogen and oxygen atoms in total. The third-order valence-electron chi connectivity index (χ3n) is 4.95. The van der Waals surface area contributed by atoms with Crippen LogP contribution in [0.2, 0.25) is 5.02 Å². The van der Waals surface area contributed by atoms with Gasteiger partial charge < -0.3 is 5.32 Å². The number of anilines is 1. The second-order valence-corrected chi connectivity index (χ2v) is 9.50. The number of hydrogen-bond donors (Lipinski definition) is 1. The average molecular weight is 461 g/mol. The van der Waals surface area contributed by atoms with Crippen LogP contribution < -0.4 is 5.32 Å². The maximum absolute atomic E-state index is 13.2. The van der Waals surface area contributed by atoms with E-state index in [1.165, 1.54) is 10.4 Å². The van der Waals surface area contributed by atoms with E-state index in [4.69, 9.17) is 11.6 Å². The lowest BCUT2D eigenvalue weighted by molar-refractivity contribution is -0.137. The molecule has 3 rings (SSSR count). The van der Waals surface area contributed by atoms with Crippen molar-refractivity contribution in [2.75, 3.05) is 18.4 Å². The van der Waals surface area contributed by atoms with Gasteiger partial charge in [0.1, 0.15) is 0 Å². The average Bonchev–Trinajstić information content (AvgIpc) is 2.69. The van der Waals surface area contributed by atoms with E-state index in [-0.39, 0.29) is 42.4 Å². The predicted octanol–water partition coefficient (Wildman–Crippen LogP) is 4.54. The molecular formula is C20H20ClF3N2O3S. The van der Waals surface area contributed by atoms with Gasteiger partial charge in [-0.3, -0.25) is 4.79 Å². The Morgan fingerprint density at radius 3 is 2.33 bits per heavy atom. The number of nitrogens with one attached hydrogen (secondary N) is 1. The molecule has 1 heterocycles. The molecule has 10 heteroatoms. The Morgan fingerprint density at radius 2 is 1.73 bits per heavy atom. The van der Waals surface area contributed by atoms with Crippen molar-refractivity contribution in [3.63, 3.8) is 0 Å². The van der Waals surface area contributed by atoms with Gasteiger partial charge in [-0.2, -0.15) is 13.2 Å². The maximum Gasteiger partial charge on any atom is 0.418 e. The number of alkyl halides is 3. The van der Waals surface area contributed by atoms with Crippen molar-refractivity contribution >= 4 is 33.2 Å². The first-order chi connectivity index (χ1) is 14.1. The van der Waals surface area contributed by atoms with Gasteiger partial charge in [0, 0.05) is 24.0 Å². The molecule has 0 radical (unpaired) electrons. The number of amides is 1. The summed E-state index contributed by atoms with van der Waals surface area (Å²) >= 11 is 5.65. The highest BCUT2D eigenvalue weighted by Gasteiger charge is 2.36. The summed E-state index contributed by atoms with van der Waals surface area (Å²) in [6.45, 7) is 0.278. The van der Waals surface area contributed by atoms with Crippen molar-refractivity contribution < 1.29 is 26.4 Å². The molecule has 0 unspecified atom stereocenters.